The number of rotatable bonds is 6. The fourth-order valence-electron chi connectivity index (χ4n) is 3.20. The van der Waals surface area contributed by atoms with E-state index in [4.69, 9.17) is 9.84 Å². The number of carboxylic acid groups (broad SMARTS) is 1. The average molecular weight is 416 g/mol. The maximum absolute atomic E-state index is 12.6. The Balaban J connectivity index is 1.47. The van der Waals surface area contributed by atoms with E-state index in [1.165, 1.54) is 30.3 Å². The van der Waals surface area contributed by atoms with Gasteiger partial charge in [0.15, 0.2) is 6.61 Å². The number of ether oxygens (including phenoxy) is 1. The van der Waals surface area contributed by atoms with Gasteiger partial charge in [0.05, 0.1) is 16.8 Å². The van der Waals surface area contributed by atoms with Crippen LogP contribution in [0.4, 0.5) is 11.4 Å². The number of carbonyl (C=O) groups excluding carboxylic acids is 3. The van der Waals surface area contributed by atoms with Crippen LogP contribution < -0.4 is 15.0 Å². The molecule has 0 saturated carbocycles. The lowest BCUT2D eigenvalue weighted by atomic mass is 10.1. The summed E-state index contributed by atoms with van der Waals surface area (Å²) < 4.78 is 5.09. The molecule has 2 N–H and O–H groups in total. The lowest BCUT2D eigenvalue weighted by molar-refractivity contribution is -0.139. The van der Waals surface area contributed by atoms with Crippen LogP contribution in [-0.2, 0) is 4.79 Å². The number of amides is 3. The van der Waals surface area contributed by atoms with Gasteiger partial charge in [0.25, 0.3) is 17.7 Å². The van der Waals surface area contributed by atoms with Gasteiger partial charge >= 0.3 is 5.97 Å². The van der Waals surface area contributed by atoms with Crippen LogP contribution in [0.15, 0.2) is 72.8 Å². The number of hydrogen-bond donors (Lipinski definition) is 2. The Hall–Kier alpha value is -4.46. The third-order valence-corrected chi connectivity index (χ3v) is 4.64. The van der Waals surface area contributed by atoms with Crippen molar-refractivity contribution in [1.29, 1.82) is 0 Å². The van der Waals surface area contributed by atoms with Crippen molar-refractivity contribution in [3.63, 3.8) is 0 Å². The third-order valence-electron chi connectivity index (χ3n) is 4.64. The van der Waals surface area contributed by atoms with Gasteiger partial charge in [-0.25, -0.2) is 9.69 Å². The van der Waals surface area contributed by atoms with Gasteiger partial charge in [-0.1, -0.05) is 18.2 Å². The number of benzene rings is 3. The van der Waals surface area contributed by atoms with E-state index < -0.39 is 30.3 Å². The molecule has 4 rings (SSSR count). The molecule has 0 bridgehead atoms. The zero-order valence-corrected chi connectivity index (χ0v) is 16.1. The Labute approximate surface area is 176 Å². The first kappa shape index (κ1) is 19.8. The number of fused-ring (bicyclic) bond motifs is 1. The smallest absolute Gasteiger partial charge is 0.341 e. The number of aliphatic carboxylic acids is 1. The number of imide groups is 1. The van der Waals surface area contributed by atoms with E-state index in [1.807, 2.05) is 0 Å². The summed E-state index contributed by atoms with van der Waals surface area (Å²) in [6.45, 7) is -0.489. The standard InChI is InChI=1S/C23H16N2O6/c26-20(27)13-31-17-5-3-4-15(12-17)24-21(28)14-8-10-16(11-9-14)25-22(29)18-6-1-2-7-19(18)23(25)30/h1-12H,13H2,(H,24,28)(H,26,27). The number of nitrogens with one attached hydrogen (secondary N) is 1. The lowest BCUT2D eigenvalue weighted by Crippen LogP contribution is -2.29. The Morgan fingerprint density at radius 3 is 2.13 bits per heavy atom. The van der Waals surface area contributed by atoms with Gasteiger partial charge in [0.1, 0.15) is 5.75 Å². The van der Waals surface area contributed by atoms with E-state index in [1.54, 1.807) is 42.5 Å². The SMILES string of the molecule is O=C(O)COc1cccc(NC(=O)c2ccc(N3C(=O)c4ccccc4C3=O)cc2)c1. The molecule has 154 valence electrons. The molecule has 3 aromatic carbocycles. The second-order valence-corrected chi connectivity index (χ2v) is 6.70. The molecule has 1 aliphatic heterocycles. The van der Waals surface area contributed by atoms with Gasteiger partial charge in [-0.3, -0.25) is 14.4 Å². The van der Waals surface area contributed by atoms with E-state index in [0.29, 0.717) is 33.8 Å². The molecular formula is C23H16N2O6. The zero-order valence-electron chi connectivity index (χ0n) is 16.1. The second-order valence-electron chi connectivity index (χ2n) is 6.70. The van der Waals surface area contributed by atoms with Crippen LogP contribution in [0.25, 0.3) is 0 Å². The molecule has 0 spiro atoms. The van der Waals surface area contributed by atoms with E-state index in [0.717, 1.165) is 4.90 Å². The molecule has 8 nitrogen and oxygen atoms in total. The molecular weight excluding hydrogens is 400 g/mol. The van der Waals surface area contributed by atoms with Gasteiger partial charge in [-0.2, -0.15) is 0 Å². The van der Waals surface area contributed by atoms with Crippen LogP contribution in [0.5, 0.6) is 5.75 Å². The minimum absolute atomic E-state index is 0.307. The molecule has 1 heterocycles. The zero-order chi connectivity index (χ0) is 22.0. The Morgan fingerprint density at radius 1 is 0.871 bits per heavy atom. The van der Waals surface area contributed by atoms with Crippen LogP contribution in [0.3, 0.4) is 0 Å². The van der Waals surface area contributed by atoms with Crippen molar-refractivity contribution < 1.29 is 29.0 Å². The summed E-state index contributed by atoms with van der Waals surface area (Å²) in [4.78, 5) is 49.4. The van der Waals surface area contributed by atoms with Crippen molar-refractivity contribution in [1.82, 2.24) is 0 Å². The van der Waals surface area contributed by atoms with Crippen LogP contribution in [0, 0.1) is 0 Å². The summed E-state index contributed by atoms with van der Waals surface area (Å²) in [6, 6.07) is 19.0. The Bertz CT molecular complexity index is 1170. The molecule has 0 unspecified atom stereocenters. The topological polar surface area (TPSA) is 113 Å². The van der Waals surface area contributed by atoms with E-state index in [9.17, 15) is 19.2 Å². The molecule has 0 radical (unpaired) electrons. The minimum Gasteiger partial charge on any atom is -0.482 e. The number of anilines is 2. The highest BCUT2D eigenvalue weighted by atomic mass is 16.5. The fraction of sp³-hybridized carbons (Fsp3) is 0.0435. The average Bonchev–Trinajstić information content (AvgIpc) is 3.03. The molecule has 0 aromatic heterocycles. The number of carbonyl (C=O) groups is 4. The van der Waals surface area contributed by atoms with E-state index in [-0.39, 0.29) is 0 Å². The summed E-state index contributed by atoms with van der Waals surface area (Å²) >= 11 is 0. The summed E-state index contributed by atoms with van der Waals surface area (Å²) in [5, 5.41) is 11.4. The Morgan fingerprint density at radius 2 is 1.52 bits per heavy atom. The summed E-state index contributed by atoms with van der Waals surface area (Å²) in [6.07, 6.45) is 0. The highest BCUT2D eigenvalue weighted by Crippen LogP contribution is 2.28. The number of nitrogens with zero attached hydrogens (tertiary/aromatic N) is 1. The van der Waals surface area contributed by atoms with Gasteiger partial charge < -0.3 is 15.2 Å². The van der Waals surface area contributed by atoms with Crippen LogP contribution >= 0.6 is 0 Å². The van der Waals surface area contributed by atoms with Gasteiger partial charge in [-0.15, -0.1) is 0 Å². The van der Waals surface area contributed by atoms with Crippen molar-refractivity contribution in [2.75, 3.05) is 16.8 Å². The van der Waals surface area contributed by atoms with Crippen LogP contribution in [0.2, 0.25) is 0 Å². The summed E-state index contributed by atoms with van der Waals surface area (Å²) in [7, 11) is 0. The highest BCUT2D eigenvalue weighted by Gasteiger charge is 2.36. The molecule has 0 aliphatic carbocycles. The Kier molecular flexibility index (Phi) is 5.19. The van der Waals surface area contributed by atoms with Crippen molar-refractivity contribution in [2.45, 2.75) is 0 Å². The van der Waals surface area contributed by atoms with Crippen molar-refractivity contribution >= 4 is 35.1 Å². The maximum Gasteiger partial charge on any atom is 0.341 e. The molecule has 3 amide bonds. The van der Waals surface area contributed by atoms with Crippen molar-refractivity contribution in [3.05, 3.63) is 89.5 Å². The first-order chi connectivity index (χ1) is 14.9. The molecule has 0 fully saturated rings. The van der Waals surface area contributed by atoms with E-state index in [2.05, 4.69) is 5.32 Å². The van der Waals surface area contributed by atoms with Crippen LogP contribution in [-0.4, -0.2) is 35.4 Å². The molecule has 0 saturated heterocycles. The first-order valence-electron chi connectivity index (χ1n) is 9.28. The highest BCUT2D eigenvalue weighted by molar-refractivity contribution is 6.34. The van der Waals surface area contributed by atoms with Crippen molar-refractivity contribution in [2.24, 2.45) is 0 Å². The molecule has 1 aliphatic rings. The molecule has 0 atom stereocenters. The van der Waals surface area contributed by atoms with Gasteiger partial charge in [0.2, 0.25) is 0 Å². The third kappa shape index (κ3) is 3.99. The molecule has 31 heavy (non-hydrogen) atoms. The monoisotopic (exact) mass is 416 g/mol. The predicted octanol–water partition coefficient (Wildman–Crippen LogP) is 3.20. The van der Waals surface area contributed by atoms with Crippen molar-refractivity contribution in [3.8, 4) is 5.75 Å². The quantitative estimate of drug-likeness (QED) is 0.597. The number of hydrogen-bond acceptors (Lipinski definition) is 5. The fourth-order valence-corrected chi connectivity index (χ4v) is 3.20. The van der Waals surface area contributed by atoms with Crippen LogP contribution in [0.1, 0.15) is 31.1 Å². The largest absolute Gasteiger partial charge is 0.482 e. The van der Waals surface area contributed by atoms with Gasteiger partial charge in [-0.05, 0) is 48.5 Å². The molecule has 8 heteroatoms. The number of carboxylic acids is 1. The summed E-state index contributed by atoms with van der Waals surface area (Å²) in [5.74, 6) is -2.02. The first-order valence-corrected chi connectivity index (χ1v) is 9.28. The minimum atomic E-state index is -1.10. The summed E-state index contributed by atoms with van der Waals surface area (Å²) in [5.41, 5.74) is 1.81. The normalized spacial score (nSPS) is 12.5. The lowest BCUT2D eigenvalue weighted by Gasteiger charge is -2.14. The van der Waals surface area contributed by atoms with Gasteiger partial charge in [0, 0.05) is 17.3 Å². The maximum atomic E-state index is 12.6. The molecule has 3 aromatic rings. The predicted molar refractivity (Wildman–Crippen MR) is 112 cm³/mol. The second kappa shape index (κ2) is 8.11. The van der Waals surface area contributed by atoms with E-state index >= 15 is 0 Å².